The van der Waals surface area contributed by atoms with E-state index in [0.717, 1.165) is 0 Å². The molecule has 7 heteroatoms. The van der Waals surface area contributed by atoms with Crippen molar-refractivity contribution >= 4 is 0 Å². The van der Waals surface area contributed by atoms with E-state index < -0.39 is 23.7 Å². The summed E-state index contributed by atoms with van der Waals surface area (Å²) < 4.78 is 64.5. The molecular formula is C12H18F4O3. The Hall–Kier alpha value is -1.08. The van der Waals surface area contributed by atoms with Crippen LogP contribution in [-0.4, -0.2) is 26.4 Å². The van der Waals surface area contributed by atoms with Crippen LogP contribution >= 0.6 is 0 Å². The largest absolute Gasteiger partial charge is 0.455 e. The Morgan fingerprint density at radius 1 is 0.737 bits per heavy atom. The first-order valence-electron chi connectivity index (χ1n) is 5.94. The van der Waals surface area contributed by atoms with E-state index in [9.17, 15) is 17.6 Å². The van der Waals surface area contributed by atoms with Crippen molar-refractivity contribution in [3.05, 3.63) is 23.7 Å². The Balaban J connectivity index is 4.52. The van der Waals surface area contributed by atoms with Crippen molar-refractivity contribution in [3.63, 3.8) is 0 Å². The molecule has 0 unspecified atom stereocenters. The van der Waals surface area contributed by atoms with E-state index in [-0.39, 0.29) is 26.1 Å². The highest BCUT2D eigenvalue weighted by molar-refractivity contribution is 5.03. The molecule has 0 aliphatic carbocycles. The van der Waals surface area contributed by atoms with Crippen LogP contribution in [0.2, 0.25) is 0 Å². The zero-order valence-corrected chi connectivity index (χ0v) is 11.0. The molecule has 0 fully saturated rings. The lowest BCUT2D eigenvalue weighted by Gasteiger charge is -2.12. The van der Waals surface area contributed by atoms with Gasteiger partial charge in [0.05, 0.1) is 13.2 Å². The summed E-state index contributed by atoms with van der Waals surface area (Å²) in [6.07, 6.45) is -4.78. The molecule has 0 saturated heterocycles. The van der Waals surface area contributed by atoms with E-state index in [1.165, 1.54) is 0 Å². The molecule has 0 aliphatic rings. The van der Waals surface area contributed by atoms with Crippen molar-refractivity contribution in [2.45, 2.75) is 26.7 Å². The Morgan fingerprint density at radius 3 is 1.37 bits per heavy atom. The van der Waals surface area contributed by atoms with Gasteiger partial charge in [0, 0.05) is 26.1 Å². The van der Waals surface area contributed by atoms with Crippen LogP contribution in [0.4, 0.5) is 17.6 Å². The highest BCUT2D eigenvalue weighted by Gasteiger charge is 2.15. The SMILES string of the molecule is CCOCCC(OC(CCOCC)=C(F)F)=C(F)F. The van der Waals surface area contributed by atoms with Gasteiger partial charge < -0.3 is 14.2 Å². The van der Waals surface area contributed by atoms with E-state index in [1.54, 1.807) is 13.8 Å². The summed E-state index contributed by atoms with van der Waals surface area (Å²) in [6.45, 7) is 4.07. The Kier molecular flexibility index (Phi) is 10.2. The van der Waals surface area contributed by atoms with Gasteiger partial charge in [-0.25, -0.2) is 0 Å². The van der Waals surface area contributed by atoms with Crippen molar-refractivity contribution in [1.29, 1.82) is 0 Å². The van der Waals surface area contributed by atoms with Gasteiger partial charge in [0.25, 0.3) is 0 Å². The predicted molar refractivity (Wildman–Crippen MR) is 61.8 cm³/mol. The molecule has 0 atom stereocenters. The summed E-state index contributed by atoms with van der Waals surface area (Å²) in [4.78, 5) is 0. The lowest BCUT2D eigenvalue weighted by Crippen LogP contribution is -2.04. The molecule has 3 nitrogen and oxygen atoms in total. The van der Waals surface area contributed by atoms with Crippen LogP contribution in [0.25, 0.3) is 0 Å². The summed E-state index contributed by atoms with van der Waals surface area (Å²) in [5.74, 6) is -1.60. The van der Waals surface area contributed by atoms with Crippen molar-refractivity contribution in [3.8, 4) is 0 Å². The number of hydrogen-bond acceptors (Lipinski definition) is 3. The van der Waals surface area contributed by atoms with Crippen LogP contribution in [0.5, 0.6) is 0 Å². The first kappa shape index (κ1) is 17.9. The third-order valence-electron chi connectivity index (χ3n) is 2.02. The highest BCUT2D eigenvalue weighted by Crippen LogP contribution is 2.22. The zero-order valence-electron chi connectivity index (χ0n) is 11.0. The third-order valence-corrected chi connectivity index (χ3v) is 2.02. The summed E-state index contributed by atoms with van der Waals surface area (Å²) in [5, 5.41) is 0. The normalized spacial score (nSPS) is 10.2. The summed E-state index contributed by atoms with van der Waals surface area (Å²) in [7, 11) is 0. The molecule has 0 aliphatic heterocycles. The fourth-order valence-corrected chi connectivity index (χ4v) is 1.14. The molecule has 0 amide bonds. The van der Waals surface area contributed by atoms with E-state index in [0.29, 0.717) is 13.2 Å². The lowest BCUT2D eigenvalue weighted by atomic mass is 10.3. The fraction of sp³-hybridized carbons (Fsp3) is 0.667. The average molecular weight is 286 g/mol. The molecule has 0 heterocycles. The maximum atomic E-state index is 12.5. The van der Waals surface area contributed by atoms with Crippen molar-refractivity contribution < 1.29 is 31.8 Å². The van der Waals surface area contributed by atoms with E-state index in [1.807, 2.05) is 0 Å². The van der Waals surface area contributed by atoms with Gasteiger partial charge in [0.15, 0.2) is 11.5 Å². The van der Waals surface area contributed by atoms with Gasteiger partial charge in [-0.2, -0.15) is 17.6 Å². The smallest absolute Gasteiger partial charge is 0.308 e. The summed E-state index contributed by atoms with van der Waals surface area (Å²) in [6, 6.07) is 0. The minimum absolute atomic E-state index is 0.0180. The highest BCUT2D eigenvalue weighted by atomic mass is 19.3. The van der Waals surface area contributed by atoms with Crippen LogP contribution in [0, 0.1) is 0 Å². The Bertz CT molecular complexity index is 278. The second-order valence-electron chi connectivity index (χ2n) is 3.36. The first-order chi connectivity index (χ1) is 9.02. The maximum Gasteiger partial charge on any atom is 0.308 e. The number of halogens is 4. The summed E-state index contributed by atoms with van der Waals surface area (Å²) in [5.41, 5.74) is 0. The van der Waals surface area contributed by atoms with E-state index in [2.05, 4.69) is 4.74 Å². The lowest BCUT2D eigenvalue weighted by molar-refractivity contribution is 0.113. The van der Waals surface area contributed by atoms with Gasteiger partial charge in [-0.1, -0.05) is 0 Å². The second-order valence-corrected chi connectivity index (χ2v) is 3.36. The molecule has 0 spiro atoms. The molecule has 0 rings (SSSR count). The zero-order chi connectivity index (χ0) is 14.7. The fourth-order valence-electron chi connectivity index (χ4n) is 1.14. The van der Waals surface area contributed by atoms with Crippen molar-refractivity contribution in [1.82, 2.24) is 0 Å². The molecule has 19 heavy (non-hydrogen) atoms. The first-order valence-corrected chi connectivity index (χ1v) is 5.94. The standard InChI is InChI=1S/C12H18F4O3/c1-3-17-7-5-9(11(13)14)19-10(12(15)16)6-8-18-4-2/h3-8H2,1-2H3. The van der Waals surface area contributed by atoms with Gasteiger partial charge in [-0.3, -0.25) is 0 Å². The Labute approximate surface area is 109 Å². The van der Waals surface area contributed by atoms with Crippen LogP contribution in [-0.2, 0) is 14.2 Å². The Morgan fingerprint density at radius 2 is 1.11 bits per heavy atom. The van der Waals surface area contributed by atoms with Crippen LogP contribution in [0.15, 0.2) is 23.7 Å². The number of hydrogen-bond donors (Lipinski definition) is 0. The van der Waals surface area contributed by atoms with Gasteiger partial charge in [0.1, 0.15) is 0 Å². The van der Waals surface area contributed by atoms with E-state index >= 15 is 0 Å². The molecule has 0 N–H and O–H groups in total. The molecule has 0 aromatic carbocycles. The predicted octanol–water partition coefficient (Wildman–Crippen LogP) is 4.07. The van der Waals surface area contributed by atoms with Crippen LogP contribution < -0.4 is 0 Å². The molecule has 0 aromatic heterocycles. The molecule has 0 bridgehead atoms. The number of rotatable bonds is 10. The summed E-state index contributed by atoms with van der Waals surface area (Å²) >= 11 is 0. The minimum atomic E-state index is -2.13. The minimum Gasteiger partial charge on any atom is -0.455 e. The monoisotopic (exact) mass is 286 g/mol. The quantitative estimate of drug-likeness (QED) is 0.344. The number of ether oxygens (including phenoxy) is 3. The molecular weight excluding hydrogens is 268 g/mol. The molecule has 0 aromatic rings. The van der Waals surface area contributed by atoms with Crippen LogP contribution in [0.3, 0.4) is 0 Å². The third kappa shape index (κ3) is 8.61. The van der Waals surface area contributed by atoms with Gasteiger partial charge in [-0.05, 0) is 13.8 Å². The maximum absolute atomic E-state index is 12.5. The van der Waals surface area contributed by atoms with Crippen LogP contribution in [0.1, 0.15) is 26.7 Å². The average Bonchev–Trinajstić information content (AvgIpc) is 2.35. The topological polar surface area (TPSA) is 27.7 Å². The molecule has 112 valence electrons. The molecule has 0 radical (unpaired) electrons. The van der Waals surface area contributed by atoms with E-state index in [4.69, 9.17) is 9.47 Å². The van der Waals surface area contributed by atoms with Gasteiger partial charge in [0.2, 0.25) is 0 Å². The van der Waals surface area contributed by atoms with Crippen molar-refractivity contribution in [2.75, 3.05) is 26.4 Å². The van der Waals surface area contributed by atoms with Crippen molar-refractivity contribution in [2.24, 2.45) is 0 Å². The second kappa shape index (κ2) is 10.8. The van der Waals surface area contributed by atoms with Gasteiger partial charge >= 0.3 is 12.2 Å². The molecule has 0 saturated carbocycles. The van der Waals surface area contributed by atoms with Gasteiger partial charge in [-0.15, -0.1) is 0 Å².